The largest absolute Gasteiger partial charge is 0.389 e. The van der Waals surface area contributed by atoms with Crippen molar-refractivity contribution in [3.8, 4) is 0 Å². The van der Waals surface area contributed by atoms with E-state index < -0.39 is 24.1 Å². The lowest BCUT2D eigenvalue weighted by atomic mass is 9.95. The molecule has 0 unspecified atom stereocenters. The highest BCUT2D eigenvalue weighted by atomic mass is 19.4. The maximum absolute atomic E-state index is 12.5. The molecule has 1 aromatic rings. The minimum Gasteiger partial charge on any atom is -0.312 e. The molecule has 5 nitrogen and oxygen atoms in total. The number of hydroxylamine groups is 1. The maximum atomic E-state index is 12.5. The SMILES string of the molecule is O=C(NO)c1cc2c(n(CCCC(F)(F)F)c1=O)CCCCCC2. The number of fused-ring (bicyclic) bond motifs is 1. The molecular weight excluding hydrogens is 325 g/mol. The third-order valence-corrected chi connectivity index (χ3v) is 4.29. The zero-order valence-corrected chi connectivity index (χ0v) is 13.3. The van der Waals surface area contributed by atoms with E-state index in [1.54, 1.807) is 0 Å². The van der Waals surface area contributed by atoms with Crippen LogP contribution in [0.15, 0.2) is 10.9 Å². The fourth-order valence-corrected chi connectivity index (χ4v) is 3.13. The summed E-state index contributed by atoms with van der Waals surface area (Å²) < 4.78 is 38.5. The molecule has 0 saturated carbocycles. The molecule has 0 saturated heterocycles. The highest BCUT2D eigenvalue weighted by Gasteiger charge is 2.27. The van der Waals surface area contributed by atoms with Gasteiger partial charge < -0.3 is 4.57 Å². The van der Waals surface area contributed by atoms with Crippen LogP contribution in [0.1, 0.15) is 60.1 Å². The molecule has 0 spiro atoms. The number of aryl methyl sites for hydroxylation is 1. The van der Waals surface area contributed by atoms with Crippen molar-refractivity contribution in [3.63, 3.8) is 0 Å². The van der Waals surface area contributed by atoms with E-state index in [1.165, 1.54) is 16.1 Å². The van der Waals surface area contributed by atoms with Gasteiger partial charge in [0.25, 0.3) is 11.5 Å². The summed E-state index contributed by atoms with van der Waals surface area (Å²) in [5.74, 6) is -0.936. The molecule has 0 aliphatic heterocycles. The predicted molar refractivity (Wildman–Crippen MR) is 81.1 cm³/mol. The highest BCUT2D eigenvalue weighted by Crippen LogP contribution is 2.23. The van der Waals surface area contributed by atoms with E-state index in [1.807, 2.05) is 0 Å². The van der Waals surface area contributed by atoms with Crippen molar-refractivity contribution in [2.45, 2.75) is 64.1 Å². The summed E-state index contributed by atoms with van der Waals surface area (Å²) in [5.41, 5.74) is 2.07. The predicted octanol–water partition coefficient (Wildman–Crippen LogP) is 2.97. The summed E-state index contributed by atoms with van der Waals surface area (Å²) in [7, 11) is 0. The Morgan fingerprint density at radius 3 is 2.50 bits per heavy atom. The lowest BCUT2D eigenvalue weighted by molar-refractivity contribution is -0.135. The zero-order chi connectivity index (χ0) is 17.7. The molecule has 24 heavy (non-hydrogen) atoms. The summed E-state index contributed by atoms with van der Waals surface area (Å²) in [5, 5.41) is 8.79. The molecule has 0 aromatic carbocycles. The van der Waals surface area contributed by atoms with Gasteiger partial charge in [0.2, 0.25) is 0 Å². The van der Waals surface area contributed by atoms with Gasteiger partial charge in [-0.15, -0.1) is 0 Å². The van der Waals surface area contributed by atoms with Gasteiger partial charge >= 0.3 is 6.18 Å². The van der Waals surface area contributed by atoms with Gasteiger partial charge in [-0.2, -0.15) is 13.2 Å². The Morgan fingerprint density at radius 2 is 1.88 bits per heavy atom. The third kappa shape index (κ3) is 4.59. The quantitative estimate of drug-likeness (QED) is 0.650. The average molecular weight is 346 g/mol. The summed E-state index contributed by atoms with van der Waals surface area (Å²) in [6.07, 6.45) is -0.407. The smallest absolute Gasteiger partial charge is 0.312 e. The normalized spacial score (nSPS) is 15.3. The lowest BCUT2D eigenvalue weighted by Gasteiger charge is -2.21. The molecule has 1 aromatic heterocycles. The molecule has 1 aliphatic rings. The van der Waals surface area contributed by atoms with Gasteiger partial charge in [-0.3, -0.25) is 14.8 Å². The first-order chi connectivity index (χ1) is 11.3. The topological polar surface area (TPSA) is 71.3 Å². The van der Waals surface area contributed by atoms with Gasteiger partial charge in [-0.25, -0.2) is 5.48 Å². The van der Waals surface area contributed by atoms with E-state index in [9.17, 15) is 22.8 Å². The van der Waals surface area contributed by atoms with Crippen molar-refractivity contribution in [1.29, 1.82) is 0 Å². The third-order valence-electron chi connectivity index (χ3n) is 4.29. The van der Waals surface area contributed by atoms with Crippen molar-refractivity contribution >= 4 is 5.91 Å². The number of amides is 1. The summed E-state index contributed by atoms with van der Waals surface area (Å²) in [6.45, 7) is -0.0901. The number of nitrogens with zero attached hydrogens (tertiary/aromatic N) is 1. The first kappa shape index (κ1) is 18.5. The van der Waals surface area contributed by atoms with Crippen LogP contribution in [0.25, 0.3) is 0 Å². The monoisotopic (exact) mass is 346 g/mol. The van der Waals surface area contributed by atoms with Gasteiger partial charge in [0.15, 0.2) is 0 Å². The molecule has 8 heteroatoms. The van der Waals surface area contributed by atoms with Crippen molar-refractivity contribution in [2.75, 3.05) is 0 Å². The molecule has 0 bridgehead atoms. The number of halogens is 3. The Morgan fingerprint density at radius 1 is 1.21 bits per heavy atom. The molecular formula is C16H21F3N2O3. The van der Waals surface area contributed by atoms with Crippen molar-refractivity contribution in [1.82, 2.24) is 10.0 Å². The van der Waals surface area contributed by atoms with E-state index in [0.29, 0.717) is 12.8 Å². The molecule has 1 aliphatic carbocycles. The van der Waals surface area contributed by atoms with Crippen LogP contribution in [-0.2, 0) is 19.4 Å². The van der Waals surface area contributed by atoms with Gasteiger partial charge in [-0.05, 0) is 43.7 Å². The maximum Gasteiger partial charge on any atom is 0.389 e. The molecule has 1 amide bonds. The molecule has 134 valence electrons. The first-order valence-electron chi connectivity index (χ1n) is 8.10. The van der Waals surface area contributed by atoms with E-state index in [-0.39, 0.29) is 18.5 Å². The fourth-order valence-electron chi connectivity index (χ4n) is 3.13. The minimum atomic E-state index is -4.28. The van der Waals surface area contributed by atoms with Gasteiger partial charge in [0.1, 0.15) is 5.56 Å². The standard InChI is InChI=1S/C16H21F3N2O3/c17-16(18,19)8-5-9-21-13-7-4-2-1-3-6-11(13)10-12(15(21)23)14(22)20-24/h10,24H,1-9H2,(H,20,22). The van der Waals surface area contributed by atoms with Crippen LogP contribution >= 0.6 is 0 Å². The number of pyridine rings is 1. The van der Waals surface area contributed by atoms with Crippen LogP contribution in [0.5, 0.6) is 0 Å². The summed E-state index contributed by atoms with van der Waals surface area (Å²) in [6, 6.07) is 1.47. The number of carbonyl (C=O) groups is 1. The minimum absolute atomic E-state index is 0.0901. The fraction of sp³-hybridized carbons (Fsp3) is 0.625. The number of rotatable bonds is 4. The molecule has 0 radical (unpaired) electrons. The first-order valence-corrected chi connectivity index (χ1v) is 8.10. The van der Waals surface area contributed by atoms with Crippen LogP contribution in [-0.4, -0.2) is 21.9 Å². The van der Waals surface area contributed by atoms with Crippen LogP contribution in [0, 0.1) is 0 Å². The van der Waals surface area contributed by atoms with E-state index in [0.717, 1.165) is 36.9 Å². The Labute approximate surface area is 137 Å². The van der Waals surface area contributed by atoms with E-state index in [4.69, 9.17) is 5.21 Å². The summed E-state index contributed by atoms with van der Waals surface area (Å²) >= 11 is 0. The number of aromatic nitrogens is 1. The molecule has 2 N–H and O–H groups in total. The Balaban J connectivity index is 2.41. The molecule has 2 rings (SSSR count). The second-order valence-electron chi connectivity index (χ2n) is 6.06. The summed E-state index contributed by atoms with van der Waals surface area (Å²) in [4.78, 5) is 24.2. The molecule has 0 atom stereocenters. The van der Waals surface area contributed by atoms with Crippen molar-refractivity contribution in [3.05, 3.63) is 33.2 Å². The highest BCUT2D eigenvalue weighted by molar-refractivity contribution is 5.93. The number of nitrogens with one attached hydrogen (secondary N) is 1. The van der Waals surface area contributed by atoms with Crippen molar-refractivity contribution in [2.24, 2.45) is 0 Å². The van der Waals surface area contributed by atoms with Crippen molar-refractivity contribution < 1.29 is 23.2 Å². The Hall–Kier alpha value is -1.83. The number of alkyl halides is 3. The second kappa shape index (κ2) is 7.83. The lowest BCUT2D eigenvalue weighted by Crippen LogP contribution is -2.34. The molecule has 0 fully saturated rings. The van der Waals surface area contributed by atoms with Crippen LogP contribution in [0.2, 0.25) is 0 Å². The number of carbonyl (C=O) groups excluding carboxylic acids is 1. The number of hydrogen-bond acceptors (Lipinski definition) is 3. The van der Waals surface area contributed by atoms with Gasteiger partial charge in [0.05, 0.1) is 0 Å². The van der Waals surface area contributed by atoms with E-state index >= 15 is 0 Å². The van der Waals surface area contributed by atoms with Crippen LogP contribution in [0.3, 0.4) is 0 Å². The number of hydrogen-bond donors (Lipinski definition) is 2. The zero-order valence-electron chi connectivity index (χ0n) is 13.3. The molecule has 1 heterocycles. The van der Waals surface area contributed by atoms with Gasteiger partial charge in [0, 0.05) is 18.7 Å². The Bertz CT molecular complexity index is 653. The van der Waals surface area contributed by atoms with Gasteiger partial charge in [-0.1, -0.05) is 12.8 Å². The van der Waals surface area contributed by atoms with E-state index in [2.05, 4.69) is 0 Å². The Kier molecular flexibility index (Phi) is 6.04. The average Bonchev–Trinajstić information content (AvgIpc) is 2.49. The van der Waals surface area contributed by atoms with Crippen LogP contribution < -0.4 is 11.0 Å². The second-order valence-corrected chi connectivity index (χ2v) is 6.06. The van der Waals surface area contributed by atoms with Crippen LogP contribution in [0.4, 0.5) is 13.2 Å².